The summed E-state index contributed by atoms with van der Waals surface area (Å²) in [7, 11) is 1.57. The lowest BCUT2D eigenvalue weighted by atomic mass is 10.2. The lowest BCUT2D eigenvalue weighted by Gasteiger charge is -2.11. The number of anilines is 2. The maximum Gasteiger partial charge on any atom is 0.306 e. The highest BCUT2D eigenvalue weighted by atomic mass is 35.5. The van der Waals surface area contributed by atoms with Gasteiger partial charge in [-0.05, 0) is 61.0 Å². The normalized spacial score (nSPS) is 10.3. The highest BCUT2D eigenvalue weighted by Crippen LogP contribution is 2.31. The maximum atomic E-state index is 12.2. The topological polar surface area (TPSA) is 103 Å². The lowest BCUT2D eigenvalue weighted by molar-refractivity contribution is -0.147. The molecule has 10 heteroatoms. The van der Waals surface area contributed by atoms with Crippen molar-refractivity contribution in [2.45, 2.75) is 19.3 Å². The van der Waals surface area contributed by atoms with E-state index in [9.17, 15) is 14.4 Å². The molecule has 0 radical (unpaired) electrons. The largest absolute Gasteiger partial charge is 0.493 e. The van der Waals surface area contributed by atoms with Crippen LogP contribution in [-0.4, -0.2) is 31.5 Å². The minimum absolute atomic E-state index is 0.000834. The van der Waals surface area contributed by atoms with Gasteiger partial charge in [-0.2, -0.15) is 0 Å². The molecule has 0 atom stereocenters. The Morgan fingerprint density at radius 2 is 1.44 bits per heavy atom. The Bertz CT molecular complexity index is 1220. The van der Waals surface area contributed by atoms with Gasteiger partial charge in [0.2, 0.25) is 5.91 Å². The minimum atomic E-state index is -0.579. The molecule has 0 aliphatic heterocycles. The van der Waals surface area contributed by atoms with Crippen molar-refractivity contribution < 1.29 is 28.6 Å². The number of ether oxygens (including phenoxy) is 3. The fourth-order valence-electron chi connectivity index (χ4n) is 3.04. The molecule has 2 N–H and O–H groups in total. The molecule has 0 aliphatic carbocycles. The summed E-state index contributed by atoms with van der Waals surface area (Å²) in [6.07, 6.45) is 0.386. The van der Waals surface area contributed by atoms with Crippen molar-refractivity contribution in [1.82, 2.24) is 0 Å². The number of amides is 2. The van der Waals surface area contributed by atoms with Gasteiger partial charge in [0.1, 0.15) is 5.75 Å². The van der Waals surface area contributed by atoms with E-state index in [-0.39, 0.29) is 25.2 Å². The highest BCUT2D eigenvalue weighted by molar-refractivity contribution is 6.42. The smallest absolute Gasteiger partial charge is 0.306 e. The van der Waals surface area contributed by atoms with Crippen molar-refractivity contribution in [1.29, 1.82) is 0 Å². The molecule has 0 spiro atoms. The van der Waals surface area contributed by atoms with Crippen molar-refractivity contribution in [3.63, 3.8) is 0 Å². The lowest BCUT2D eigenvalue weighted by Crippen LogP contribution is -2.21. The molecule has 36 heavy (non-hydrogen) atoms. The van der Waals surface area contributed by atoms with Crippen LogP contribution in [0.5, 0.6) is 17.2 Å². The number of carbonyl (C=O) groups excluding carboxylic acids is 3. The van der Waals surface area contributed by atoms with Crippen molar-refractivity contribution in [3.8, 4) is 17.2 Å². The van der Waals surface area contributed by atoms with Gasteiger partial charge in [-0.15, -0.1) is 0 Å². The second-order valence-corrected chi connectivity index (χ2v) is 8.33. The summed E-state index contributed by atoms with van der Waals surface area (Å²) in [6.45, 7) is -0.450. The molecule has 0 bridgehead atoms. The molecular formula is C26H24Cl2N2O6. The number of esters is 1. The Hall–Kier alpha value is -3.75. The quantitative estimate of drug-likeness (QED) is 0.291. The van der Waals surface area contributed by atoms with Crippen LogP contribution in [0.15, 0.2) is 66.7 Å². The predicted octanol–water partition coefficient (Wildman–Crippen LogP) is 6.09. The molecule has 0 saturated carbocycles. The first-order valence-electron chi connectivity index (χ1n) is 11.0. The van der Waals surface area contributed by atoms with Gasteiger partial charge in [-0.3, -0.25) is 14.4 Å². The summed E-state index contributed by atoms with van der Waals surface area (Å²) in [5.41, 5.74) is 1.02. The van der Waals surface area contributed by atoms with Crippen LogP contribution in [0.25, 0.3) is 0 Å². The Balaban J connectivity index is 1.34. The van der Waals surface area contributed by atoms with E-state index in [1.807, 2.05) is 12.1 Å². The van der Waals surface area contributed by atoms with E-state index in [1.165, 1.54) is 6.07 Å². The van der Waals surface area contributed by atoms with Gasteiger partial charge in [0.05, 0.1) is 17.2 Å². The van der Waals surface area contributed by atoms with Crippen LogP contribution < -0.4 is 20.1 Å². The monoisotopic (exact) mass is 530 g/mol. The number of halogens is 2. The molecule has 8 nitrogen and oxygen atoms in total. The average Bonchev–Trinajstić information content (AvgIpc) is 2.86. The zero-order valence-electron chi connectivity index (χ0n) is 19.4. The molecule has 3 aromatic carbocycles. The number of rotatable bonds is 11. The predicted molar refractivity (Wildman–Crippen MR) is 138 cm³/mol. The fourth-order valence-corrected chi connectivity index (χ4v) is 3.34. The van der Waals surface area contributed by atoms with Crippen LogP contribution in [0.4, 0.5) is 11.4 Å². The van der Waals surface area contributed by atoms with Crippen molar-refractivity contribution in [2.24, 2.45) is 0 Å². The molecule has 188 valence electrons. The van der Waals surface area contributed by atoms with Crippen molar-refractivity contribution >= 4 is 52.4 Å². The van der Waals surface area contributed by atoms with Crippen LogP contribution in [0.1, 0.15) is 19.3 Å². The molecule has 0 unspecified atom stereocenters. The Morgan fingerprint density at radius 3 is 2.14 bits per heavy atom. The van der Waals surface area contributed by atoms with Crippen LogP contribution in [-0.2, 0) is 19.1 Å². The Kier molecular flexibility index (Phi) is 9.97. The molecule has 0 aromatic heterocycles. The standard InChI is InChI=1S/C26H24Cl2N2O6/c1-34-22-5-2-3-6-23(22)36-19-12-9-17(10-13-19)29-24(31)7-4-8-26(33)35-16-25(32)30-18-11-14-20(27)21(28)15-18/h2-3,5-6,9-15H,4,7-8,16H2,1H3,(H,29,31)(H,30,32). The molecular weight excluding hydrogens is 507 g/mol. The molecule has 0 heterocycles. The molecule has 3 aromatic rings. The minimum Gasteiger partial charge on any atom is -0.493 e. The third kappa shape index (κ3) is 8.48. The van der Waals surface area contributed by atoms with Gasteiger partial charge in [0.25, 0.3) is 5.91 Å². The number of nitrogens with one attached hydrogen (secondary N) is 2. The van der Waals surface area contributed by atoms with Crippen LogP contribution in [0.2, 0.25) is 10.0 Å². The number of hydrogen-bond donors (Lipinski definition) is 2. The van der Waals surface area contributed by atoms with Crippen molar-refractivity contribution in [2.75, 3.05) is 24.4 Å². The summed E-state index contributed by atoms with van der Waals surface area (Å²) >= 11 is 11.7. The number of carbonyl (C=O) groups is 3. The summed E-state index contributed by atoms with van der Waals surface area (Å²) in [6, 6.07) is 18.8. The number of benzene rings is 3. The van der Waals surface area contributed by atoms with Gasteiger partial charge < -0.3 is 24.8 Å². The van der Waals surface area contributed by atoms with Crippen LogP contribution in [0, 0.1) is 0 Å². The summed E-state index contributed by atoms with van der Waals surface area (Å²) in [5.74, 6) is 0.431. The molecule has 0 aliphatic rings. The summed E-state index contributed by atoms with van der Waals surface area (Å²) in [5, 5.41) is 5.97. The first-order chi connectivity index (χ1) is 17.3. The second-order valence-electron chi connectivity index (χ2n) is 7.52. The van der Waals surface area contributed by atoms with E-state index >= 15 is 0 Å². The second kappa shape index (κ2) is 13.4. The number of para-hydroxylation sites is 2. The Morgan fingerprint density at radius 1 is 0.778 bits per heavy atom. The first-order valence-corrected chi connectivity index (χ1v) is 11.7. The van der Waals surface area contributed by atoms with E-state index < -0.39 is 18.5 Å². The van der Waals surface area contributed by atoms with E-state index in [2.05, 4.69) is 10.6 Å². The third-order valence-corrected chi connectivity index (χ3v) is 5.53. The molecule has 0 fully saturated rings. The van der Waals surface area contributed by atoms with E-state index in [1.54, 1.807) is 55.6 Å². The number of methoxy groups -OCH3 is 1. The zero-order chi connectivity index (χ0) is 25.9. The maximum absolute atomic E-state index is 12.2. The summed E-state index contributed by atoms with van der Waals surface area (Å²) < 4.78 is 16.0. The van der Waals surface area contributed by atoms with E-state index in [4.69, 9.17) is 37.4 Å². The third-order valence-electron chi connectivity index (χ3n) is 4.79. The Labute approximate surface area is 218 Å². The van der Waals surface area contributed by atoms with E-state index in [0.717, 1.165) is 0 Å². The van der Waals surface area contributed by atoms with Crippen LogP contribution >= 0.6 is 23.2 Å². The van der Waals surface area contributed by atoms with Gasteiger partial charge in [0.15, 0.2) is 18.1 Å². The van der Waals surface area contributed by atoms with Gasteiger partial charge >= 0.3 is 5.97 Å². The zero-order valence-corrected chi connectivity index (χ0v) is 20.9. The summed E-state index contributed by atoms with van der Waals surface area (Å²) in [4.78, 5) is 36.0. The molecule has 0 saturated heterocycles. The number of hydrogen-bond acceptors (Lipinski definition) is 6. The molecule has 2 amide bonds. The van der Waals surface area contributed by atoms with Crippen molar-refractivity contribution in [3.05, 3.63) is 76.8 Å². The first kappa shape index (κ1) is 26.8. The SMILES string of the molecule is COc1ccccc1Oc1ccc(NC(=O)CCCC(=O)OCC(=O)Nc2ccc(Cl)c(Cl)c2)cc1. The van der Waals surface area contributed by atoms with Crippen LogP contribution in [0.3, 0.4) is 0 Å². The molecule has 3 rings (SSSR count). The van der Waals surface area contributed by atoms with Gasteiger partial charge in [-0.25, -0.2) is 0 Å². The fraction of sp³-hybridized carbons (Fsp3) is 0.192. The van der Waals surface area contributed by atoms with E-state index in [0.29, 0.717) is 38.7 Å². The highest BCUT2D eigenvalue weighted by Gasteiger charge is 2.11. The average molecular weight is 531 g/mol. The van der Waals surface area contributed by atoms with Gasteiger partial charge in [-0.1, -0.05) is 35.3 Å². The van der Waals surface area contributed by atoms with Gasteiger partial charge in [0, 0.05) is 24.2 Å².